The van der Waals surface area contributed by atoms with Gasteiger partial charge in [-0.05, 0) is 105 Å². The Labute approximate surface area is 187 Å². The Morgan fingerprint density at radius 2 is 1.81 bits per heavy atom. The summed E-state index contributed by atoms with van der Waals surface area (Å²) in [6.45, 7) is 8.75. The second-order valence-corrected chi connectivity index (χ2v) is 11.7. The average molecular weight is 429 g/mol. The van der Waals surface area contributed by atoms with Crippen LogP contribution in [0.5, 0.6) is 0 Å². The van der Waals surface area contributed by atoms with Crippen molar-refractivity contribution in [1.82, 2.24) is 0 Å². The van der Waals surface area contributed by atoms with Gasteiger partial charge in [-0.3, -0.25) is 14.4 Å². The van der Waals surface area contributed by atoms with Crippen LogP contribution in [0.4, 0.5) is 0 Å². The minimum atomic E-state index is -1.01. The number of hydrogen-bond acceptors (Lipinski definition) is 3. The second-order valence-electron chi connectivity index (χ2n) is 11.7. The van der Waals surface area contributed by atoms with Crippen LogP contribution < -0.4 is 0 Å². The Morgan fingerprint density at radius 3 is 2.52 bits per heavy atom. The van der Waals surface area contributed by atoms with E-state index in [-0.39, 0.29) is 11.2 Å². The third-order valence-electron chi connectivity index (χ3n) is 10.4. The third-order valence-corrected chi connectivity index (χ3v) is 10.4. The van der Waals surface area contributed by atoms with E-state index < -0.39 is 11.9 Å². The first-order valence-electron chi connectivity index (χ1n) is 12.6. The first-order chi connectivity index (χ1) is 14.6. The molecule has 0 heterocycles. The number of hydrogen-bond donors (Lipinski definition) is 1. The van der Waals surface area contributed by atoms with Crippen molar-refractivity contribution >= 4 is 17.5 Å². The van der Waals surface area contributed by atoms with E-state index in [1.807, 2.05) is 6.08 Å². The van der Waals surface area contributed by atoms with Gasteiger partial charge in [-0.25, -0.2) is 0 Å². The molecule has 1 N–H and O–H groups in total. The van der Waals surface area contributed by atoms with Gasteiger partial charge in [0.25, 0.3) is 0 Å². The zero-order valence-electron chi connectivity index (χ0n) is 19.8. The molecule has 0 aromatic heterocycles. The van der Waals surface area contributed by atoms with Crippen LogP contribution in [-0.2, 0) is 14.4 Å². The third kappa shape index (κ3) is 3.72. The van der Waals surface area contributed by atoms with E-state index in [0.717, 1.165) is 31.1 Å². The molecule has 1 unspecified atom stereocenters. The molecule has 0 aliphatic heterocycles. The molecule has 31 heavy (non-hydrogen) atoms. The molecule has 0 amide bonds. The molecule has 0 bridgehead atoms. The highest BCUT2D eigenvalue weighted by molar-refractivity contribution is 5.97. The maximum absolute atomic E-state index is 12.2. The molecule has 3 fully saturated rings. The number of aliphatic carboxylic acids is 1. The topological polar surface area (TPSA) is 71.4 Å². The van der Waals surface area contributed by atoms with E-state index in [2.05, 4.69) is 20.8 Å². The summed E-state index contributed by atoms with van der Waals surface area (Å²) in [5.74, 6) is 1.62. The SMILES string of the molecule is CC(C(=O)O)C(=O)CC[C@@H](C)[C@H]1CC[C@H]2[C@@H]3CCC4=CC(=O)CC[C@]4(C)[C@H]3CC[C@]12C. The van der Waals surface area contributed by atoms with Gasteiger partial charge in [-0.2, -0.15) is 0 Å². The molecule has 3 saturated carbocycles. The molecular formula is C27H40O4. The zero-order valence-corrected chi connectivity index (χ0v) is 19.8. The average Bonchev–Trinajstić information content (AvgIpc) is 3.09. The molecule has 8 atom stereocenters. The summed E-state index contributed by atoms with van der Waals surface area (Å²) >= 11 is 0. The van der Waals surface area contributed by atoms with E-state index in [0.29, 0.717) is 41.8 Å². The van der Waals surface area contributed by atoms with Gasteiger partial charge in [-0.15, -0.1) is 0 Å². The first kappa shape index (κ1) is 22.7. The van der Waals surface area contributed by atoms with Crippen LogP contribution in [0.2, 0.25) is 0 Å². The van der Waals surface area contributed by atoms with Crippen molar-refractivity contribution in [3.8, 4) is 0 Å². The quantitative estimate of drug-likeness (QED) is 0.539. The minimum Gasteiger partial charge on any atom is -0.481 e. The monoisotopic (exact) mass is 428 g/mol. The normalized spacial score (nSPS) is 41.4. The van der Waals surface area contributed by atoms with Crippen LogP contribution >= 0.6 is 0 Å². The molecular weight excluding hydrogens is 388 g/mol. The van der Waals surface area contributed by atoms with Gasteiger partial charge in [0.2, 0.25) is 0 Å². The summed E-state index contributed by atoms with van der Waals surface area (Å²) in [5.41, 5.74) is 1.99. The highest BCUT2D eigenvalue weighted by atomic mass is 16.4. The lowest BCUT2D eigenvalue weighted by atomic mass is 9.46. The minimum absolute atomic E-state index is 0.130. The number of carboxylic acids is 1. The summed E-state index contributed by atoms with van der Waals surface area (Å²) in [7, 11) is 0. The van der Waals surface area contributed by atoms with Gasteiger partial charge < -0.3 is 5.11 Å². The largest absolute Gasteiger partial charge is 0.481 e. The highest BCUT2D eigenvalue weighted by Crippen LogP contribution is 2.67. The Bertz CT molecular complexity index is 797. The van der Waals surface area contributed by atoms with Crippen molar-refractivity contribution in [3.63, 3.8) is 0 Å². The Kier molecular flexibility index (Phi) is 5.98. The van der Waals surface area contributed by atoms with Crippen LogP contribution in [0.15, 0.2) is 11.6 Å². The number of ketones is 2. The molecule has 4 heteroatoms. The lowest BCUT2D eigenvalue weighted by Crippen LogP contribution is -2.51. The first-order valence-corrected chi connectivity index (χ1v) is 12.6. The standard InChI is InChI=1S/C27H40O4/c1-16(5-10-24(29)17(2)25(30)31)21-8-9-22-20-7-6-18-15-19(28)11-13-26(18,3)23(20)12-14-27(21,22)4/h15-17,20-23H,5-14H2,1-4H3,(H,30,31)/t16-,17?,20+,21-,22+,23+,26+,27-/m1/s1. The van der Waals surface area contributed by atoms with Crippen molar-refractivity contribution in [3.05, 3.63) is 11.6 Å². The number of Topliss-reactive ketones (excluding diaryl/α,β-unsaturated/α-hetero) is 1. The number of carboxylic acid groups (broad SMARTS) is 1. The van der Waals surface area contributed by atoms with Gasteiger partial charge >= 0.3 is 5.97 Å². The molecule has 0 saturated heterocycles. The maximum Gasteiger partial charge on any atom is 0.313 e. The van der Waals surface area contributed by atoms with Gasteiger partial charge in [0.15, 0.2) is 5.78 Å². The van der Waals surface area contributed by atoms with E-state index in [4.69, 9.17) is 5.11 Å². The fourth-order valence-corrected chi connectivity index (χ4v) is 8.46. The smallest absolute Gasteiger partial charge is 0.313 e. The number of allylic oxidation sites excluding steroid dienone is 1. The molecule has 0 aromatic rings. The predicted molar refractivity (Wildman–Crippen MR) is 120 cm³/mol. The van der Waals surface area contributed by atoms with Crippen molar-refractivity contribution < 1.29 is 19.5 Å². The maximum atomic E-state index is 12.2. The van der Waals surface area contributed by atoms with Crippen molar-refractivity contribution in [1.29, 1.82) is 0 Å². The van der Waals surface area contributed by atoms with Gasteiger partial charge in [0.05, 0.1) is 0 Å². The Hall–Kier alpha value is -1.45. The highest BCUT2D eigenvalue weighted by Gasteiger charge is 2.59. The molecule has 0 spiro atoms. The van der Waals surface area contributed by atoms with Crippen molar-refractivity contribution in [2.24, 2.45) is 46.3 Å². The molecule has 4 aliphatic rings. The van der Waals surface area contributed by atoms with E-state index in [1.165, 1.54) is 44.6 Å². The van der Waals surface area contributed by atoms with Crippen molar-refractivity contribution in [2.75, 3.05) is 0 Å². The van der Waals surface area contributed by atoms with Gasteiger partial charge in [0.1, 0.15) is 11.7 Å². The number of carbonyl (C=O) groups is 3. The summed E-state index contributed by atoms with van der Waals surface area (Å²) in [6, 6.07) is 0. The number of rotatable bonds is 6. The van der Waals surface area contributed by atoms with Crippen LogP contribution in [-0.4, -0.2) is 22.6 Å². The summed E-state index contributed by atoms with van der Waals surface area (Å²) in [4.78, 5) is 35.4. The van der Waals surface area contributed by atoms with E-state index in [9.17, 15) is 14.4 Å². The van der Waals surface area contributed by atoms with E-state index >= 15 is 0 Å². The summed E-state index contributed by atoms with van der Waals surface area (Å²) in [5, 5.41) is 9.11. The van der Waals surface area contributed by atoms with Gasteiger partial charge in [0, 0.05) is 12.8 Å². The Morgan fingerprint density at radius 1 is 1.06 bits per heavy atom. The zero-order chi connectivity index (χ0) is 22.6. The van der Waals surface area contributed by atoms with Crippen LogP contribution in [0, 0.1) is 46.3 Å². The molecule has 0 radical (unpaired) electrons. The van der Waals surface area contributed by atoms with Crippen molar-refractivity contribution in [2.45, 2.75) is 91.9 Å². The fraction of sp³-hybridized carbons (Fsp3) is 0.815. The molecule has 4 rings (SSSR count). The lowest BCUT2D eigenvalue weighted by molar-refractivity contribution is -0.145. The summed E-state index contributed by atoms with van der Waals surface area (Å²) in [6.07, 6.45) is 12.3. The van der Waals surface area contributed by atoms with E-state index in [1.54, 1.807) is 0 Å². The predicted octanol–water partition coefficient (Wildman–Crippen LogP) is 5.84. The number of fused-ring (bicyclic) bond motifs is 5. The van der Waals surface area contributed by atoms with Gasteiger partial charge in [-0.1, -0.05) is 26.3 Å². The molecule has 4 nitrogen and oxygen atoms in total. The van der Waals surface area contributed by atoms with Crippen LogP contribution in [0.1, 0.15) is 91.9 Å². The summed E-state index contributed by atoms with van der Waals surface area (Å²) < 4.78 is 0. The molecule has 4 aliphatic carbocycles. The fourth-order valence-electron chi connectivity index (χ4n) is 8.46. The second kappa shape index (κ2) is 8.15. The number of carbonyl (C=O) groups excluding carboxylic acids is 2. The Balaban J connectivity index is 1.46. The molecule has 0 aromatic carbocycles. The lowest BCUT2D eigenvalue weighted by Gasteiger charge is -2.58. The molecule has 172 valence electrons. The van der Waals surface area contributed by atoms with Crippen LogP contribution in [0.25, 0.3) is 0 Å². The van der Waals surface area contributed by atoms with Crippen LogP contribution in [0.3, 0.4) is 0 Å².